The number of nitrogens with one attached hydrogen (secondary N) is 2. The predicted octanol–water partition coefficient (Wildman–Crippen LogP) is 2.65. The van der Waals surface area contributed by atoms with Crippen molar-refractivity contribution in [3.8, 4) is 17.0 Å². The molecule has 3 heterocycles. The summed E-state index contributed by atoms with van der Waals surface area (Å²) in [5.41, 5.74) is 2.59. The maximum atomic E-state index is 14.4. The number of halogens is 1. The van der Waals surface area contributed by atoms with Crippen LogP contribution in [-0.4, -0.2) is 58.8 Å². The highest BCUT2D eigenvalue weighted by Gasteiger charge is 2.24. The summed E-state index contributed by atoms with van der Waals surface area (Å²) in [5.74, 6) is -0.371. The van der Waals surface area contributed by atoms with E-state index in [-0.39, 0.29) is 22.3 Å². The lowest BCUT2D eigenvalue weighted by atomic mass is 10.0. The van der Waals surface area contributed by atoms with Gasteiger partial charge in [-0.05, 0) is 30.8 Å². The molecule has 0 unspecified atom stereocenters. The number of benzene rings is 1. The summed E-state index contributed by atoms with van der Waals surface area (Å²) in [5, 5.41) is 2.91. The average Bonchev–Trinajstić information content (AvgIpc) is 2.85. The number of ether oxygens (including phenoxy) is 2. The largest absolute Gasteiger partial charge is 0.480 e. The number of hydrogen-bond acceptors (Lipinski definition) is 8. The molecule has 0 aliphatic carbocycles. The molecule has 34 heavy (non-hydrogen) atoms. The second-order valence-corrected chi connectivity index (χ2v) is 9.36. The van der Waals surface area contributed by atoms with E-state index in [1.54, 1.807) is 37.6 Å². The summed E-state index contributed by atoms with van der Waals surface area (Å²) in [6.07, 6.45) is 4.52. The fraction of sp³-hybridized carbons (Fsp3) is 0.304. The number of anilines is 2. The Labute approximate surface area is 198 Å². The minimum absolute atomic E-state index is 0.0178. The molecule has 0 atom stereocenters. The van der Waals surface area contributed by atoms with Gasteiger partial charge in [-0.1, -0.05) is 12.1 Å². The molecule has 0 saturated carbocycles. The Bertz CT molecular complexity index is 1270. The molecular formula is C23H26FN5O4S. The minimum Gasteiger partial charge on any atom is -0.480 e. The van der Waals surface area contributed by atoms with E-state index in [4.69, 9.17) is 9.47 Å². The van der Waals surface area contributed by atoms with Gasteiger partial charge in [0, 0.05) is 37.0 Å². The van der Waals surface area contributed by atoms with E-state index in [1.807, 2.05) is 4.90 Å². The monoisotopic (exact) mass is 487 g/mol. The van der Waals surface area contributed by atoms with Crippen LogP contribution in [0.1, 0.15) is 5.56 Å². The van der Waals surface area contributed by atoms with E-state index in [0.29, 0.717) is 55.2 Å². The van der Waals surface area contributed by atoms with Crippen LogP contribution in [0.25, 0.3) is 11.1 Å². The summed E-state index contributed by atoms with van der Waals surface area (Å²) in [6, 6.07) is 7.99. The lowest BCUT2D eigenvalue weighted by Crippen LogP contribution is -2.36. The van der Waals surface area contributed by atoms with Crippen molar-refractivity contribution in [3.05, 3.63) is 60.3 Å². The van der Waals surface area contributed by atoms with Crippen molar-refractivity contribution in [3.63, 3.8) is 0 Å². The van der Waals surface area contributed by atoms with Gasteiger partial charge in [0.25, 0.3) is 10.0 Å². The Morgan fingerprint density at radius 3 is 2.62 bits per heavy atom. The third kappa shape index (κ3) is 5.27. The van der Waals surface area contributed by atoms with Crippen LogP contribution in [0, 0.1) is 5.82 Å². The molecule has 1 aliphatic heterocycles. The van der Waals surface area contributed by atoms with Crippen molar-refractivity contribution in [2.45, 2.75) is 11.4 Å². The third-order valence-electron chi connectivity index (χ3n) is 5.41. The second kappa shape index (κ2) is 10.3. The van der Waals surface area contributed by atoms with Gasteiger partial charge in [0.2, 0.25) is 5.88 Å². The van der Waals surface area contributed by atoms with Crippen LogP contribution in [0.5, 0.6) is 5.88 Å². The minimum atomic E-state index is -4.06. The molecular weight excluding hydrogens is 461 g/mol. The molecule has 1 fully saturated rings. The van der Waals surface area contributed by atoms with Crippen LogP contribution in [0.4, 0.5) is 15.8 Å². The number of sulfonamides is 1. The molecule has 2 aromatic heterocycles. The zero-order valence-corrected chi connectivity index (χ0v) is 19.7. The number of hydrogen-bond donors (Lipinski definition) is 2. The standard InChI is InChI=1S/C23H26FN5O4S/c1-25-12-17-4-3-16(10-21(17)24)18-9-19(14-26-13-18)28-34(30,31)22-11-20(15-27-23(22)32-2)29-5-7-33-8-6-29/h3-4,9-11,13-15,25,28H,5-8,12H2,1-2H3. The highest BCUT2D eigenvalue weighted by Crippen LogP contribution is 2.30. The number of nitrogens with zero attached hydrogens (tertiary/aromatic N) is 3. The van der Waals surface area contributed by atoms with Gasteiger partial charge in [-0.2, -0.15) is 0 Å². The maximum absolute atomic E-state index is 14.4. The Morgan fingerprint density at radius 2 is 1.91 bits per heavy atom. The fourth-order valence-corrected chi connectivity index (χ4v) is 4.86. The van der Waals surface area contributed by atoms with Crippen LogP contribution in [0.15, 0.2) is 53.8 Å². The van der Waals surface area contributed by atoms with Gasteiger partial charge in [0.15, 0.2) is 4.90 Å². The van der Waals surface area contributed by atoms with Crippen molar-refractivity contribution in [2.75, 3.05) is 50.1 Å². The number of pyridine rings is 2. The van der Waals surface area contributed by atoms with Crippen molar-refractivity contribution in [2.24, 2.45) is 0 Å². The lowest BCUT2D eigenvalue weighted by Gasteiger charge is -2.29. The van der Waals surface area contributed by atoms with E-state index in [9.17, 15) is 12.8 Å². The SMILES string of the molecule is CNCc1ccc(-c2cncc(NS(=O)(=O)c3cc(N4CCOCC4)cnc3OC)c2)cc1F. The van der Waals surface area contributed by atoms with Crippen molar-refractivity contribution in [1.82, 2.24) is 15.3 Å². The van der Waals surface area contributed by atoms with Crippen molar-refractivity contribution >= 4 is 21.4 Å². The summed E-state index contributed by atoms with van der Waals surface area (Å²) in [6.45, 7) is 2.79. The molecule has 1 saturated heterocycles. The van der Waals surface area contributed by atoms with Crippen molar-refractivity contribution in [1.29, 1.82) is 0 Å². The first-order valence-corrected chi connectivity index (χ1v) is 12.2. The summed E-state index contributed by atoms with van der Waals surface area (Å²) in [7, 11) is -0.947. The topological polar surface area (TPSA) is 106 Å². The molecule has 11 heteroatoms. The first kappa shape index (κ1) is 23.9. The fourth-order valence-electron chi connectivity index (χ4n) is 3.69. The van der Waals surface area contributed by atoms with Crippen LogP contribution >= 0.6 is 0 Å². The highest BCUT2D eigenvalue weighted by molar-refractivity contribution is 7.92. The molecule has 1 aliphatic rings. The smallest absolute Gasteiger partial charge is 0.267 e. The van der Waals surface area contributed by atoms with Gasteiger partial charge in [-0.25, -0.2) is 17.8 Å². The van der Waals surface area contributed by atoms with E-state index >= 15 is 0 Å². The summed E-state index contributed by atoms with van der Waals surface area (Å²) < 4.78 is 54.0. The number of aromatic nitrogens is 2. The van der Waals surface area contributed by atoms with Gasteiger partial charge < -0.3 is 19.7 Å². The Kier molecular flexibility index (Phi) is 7.25. The quantitative estimate of drug-likeness (QED) is 0.500. The molecule has 4 rings (SSSR count). The Hall–Kier alpha value is -3.28. The zero-order chi connectivity index (χ0) is 24.1. The van der Waals surface area contributed by atoms with E-state index in [2.05, 4.69) is 20.0 Å². The molecule has 1 aromatic carbocycles. The number of morpholine rings is 1. The first-order chi connectivity index (χ1) is 16.4. The molecule has 0 bridgehead atoms. The molecule has 0 radical (unpaired) electrons. The maximum Gasteiger partial charge on any atom is 0.267 e. The van der Waals surface area contributed by atoms with Crippen LogP contribution in [0.3, 0.4) is 0 Å². The van der Waals surface area contributed by atoms with E-state index in [0.717, 1.165) is 0 Å². The number of methoxy groups -OCH3 is 1. The van der Waals surface area contributed by atoms with Crippen LogP contribution in [-0.2, 0) is 21.3 Å². The lowest BCUT2D eigenvalue weighted by molar-refractivity contribution is 0.122. The number of rotatable bonds is 8. The van der Waals surface area contributed by atoms with Crippen LogP contribution < -0.4 is 19.7 Å². The molecule has 0 spiro atoms. The van der Waals surface area contributed by atoms with Crippen LogP contribution in [0.2, 0.25) is 0 Å². The normalized spacial score (nSPS) is 14.1. The molecule has 3 aromatic rings. The third-order valence-corrected chi connectivity index (χ3v) is 6.78. The van der Waals surface area contributed by atoms with Gasteiger partial charge >= 0.3 is 0 Å². The molecule has 180 valence electrons. The van der Waals surface area contributed by atoms with Gasteiger partial charge in [0.05, 0.1) is 44.1 Å². The van der Waals surface area contributed by atoms with Gasteiger partial charge in [0.1, 0.15) is 5.82 Å². The van der Waals surface area contributed by atoms with Crippen molar-refractivity contribution < 1.29 is 22.3 Å². The van der Waals surface area contributed by atoms with Gasteiger partial charge in [-0.3, -0.25) is 9.71 Å². The average molecular weight is 488 g/mol. The zero-order valence-electron chi connectivity index (χ0n) is 18.9. The molecule has 2 N–H and O–H groups in total. The second-order valence-electron chi connectivity index (χ2n) is 7.70. The summed E-state index contributed by atoms with van der Waals surface area (Å²) >= 11 is 0. The van der Waals surface area contributed by atoms with Gasteiger partial charge in [-0.15, -0.1) is 0 Å². The summed E-state index contributed by atoms with van der Waals surface area (Å²) in [4.78, 5) is 10.2. The van der Waals surface area contributed by atoms with E-state index < -0.39 is 10.0 Å². The molecule has 9 nitrogen and oxygen atoms in total. The molecule has 0 amide bonds. The predicted molar refractivity (Wildman–Crippen MR) is 127 cm³/mol. The van der Waals surface area contributed by atoms with E-state index in [1.165, 1.54) is 25.4 Å². The Morgan fingerprint density at radius 1 is 1.12 bits per heavy atom. The highest BCUT2D eigenvalue weighted by atomic mass is 32.2. The first-order valence-electron chi connectivity index (χ1n) is 10.7. The Balaban J connectivity index is 1.62.